The predicted octanol–water partition coefficient (Wildman–Crippen LogP) is 5.14. The summed E-state index contributed by atoms with van der Waals surface area (Å²) >= 11 is 7.30. The maximum absolute atomic E-state index is 13.8. The van der Waals surface area contributed by atoms with Crippen LogP contribution < -0.4 is 10.1 Å². The first-order valence-electron chi connectivity index (χ1n) is 10.0. The Hall–Kier alpha value is -3.36. The Morgan fingerprint density at radius 2 is 1.88 bits per heavy atom. The first-order valence-corrected chi connectivity index (χ1v) is 11.4. The minimum absolute atomic E-state index is 0.0955. The van der Waals surface area contributed by atoms with Gasteiger partial charge in [-0.15, -0.1) is 10.2 Å². The SMILES string of the molecule is COc1cccc(-c2nnc(SCC(=O)NCc3ccccc3F)n2-c2ccc(Cl)cc2)c1. The standard InChI is InChI=1S/C24H20ClFN4O2S/c1-32-20-7-4-6-16(13-20)23-28-29-24(30(23)19-11-9-18(25)10-12-19)33-15-22(31)27-14-17-5-2-3-8-21(17)26/h2-13H,14-15H2,1H3,(H,27,31). The van der Waals surface area contributed by atoms with E-state index in [1.165, 1.54) is 17.8 Å². The van der Waals surface area contributed by atoms with Gasteiger partial charge in [0, 0.05) is 28.4 Å². The summed E-state index contributed by atoms with van der Waals surface area (Å²) in [6.45, 7) is 0.116. The fraction of sp³-hybridized carbons (Fsp3) is 0.125. The number of hydrogen-bond donors (Lipinski definition) is 1. The van der Waals surface area contributed by atoms with Crippen molar-refractivity contribution < 1.29 is 13.9 Å². The van der Waals surface area contributed by atoms with E-state index in [9.17, 15) is 9.18 Å². The van der Waals surface area contributed by atoms with Gasteiger partial charge in [0.05, 0.1) is 12.9 Å². The molecule has 0 aliphatic rings. The summed E-state index contributed by atoms with van der Waals surface area (Å²) in [7, 11) is 1.60. The summed E-state index contributed by atoms with van der Waals surface area (Å²) in [6, 6.07) is 21.1. The molecule has 3 aromatic carbocycles. The van der Waals surface area contributed by atoms with E-state index in [0.717, 1.165) is 11.3 Å². The molecule has 0 saturated heterocycles. The number of hydrogen-bond acceptors (Lipinski definition) is 5. The van der Waals surface area contributed by atoms with Gasteiger partial charge >= 0.3 is 0 Å². The van der Waals surface area contributed by atoms with Crippen LogP contribution in [0.5, 0.6) is 5.75 Å². The molecular weight excluding hydrogens is 463 g/mol. The first kappa shape index (κ1) is 22.8. The molecule has 33 heavy (non-hydrogen) atoms. The van der Waals surface area contributed by atoms with Gasteiger partial charge in [0.25, 0.3) is 0 Å². The van der Waals surface area contributed by atoms with Crippen molar-refractivity contribution in [2.45, 2.75) is 11.7 Å². The van der Waals surface area contributed by atoms with Crippen LogP contribution in [0.2, 0.25) is 5.02 Å². The molecule has 1 aromatic heterocycles. The van der Waals surface area contributed by atoms with E-state index >= 15 is 0 Å². The van der Waals surface area contributed by atoms with Crippen LogP contribution in [0.1, 0.15) is 5.56 Å². The van der Waals surface area contributed by atoms with E-state index < -0.39 is 0 Å². The molecule has 0 bridgehead atoms. The molecule has 1 heterocycles. The Morgan fingerprint density at radius 3 is 2.64 bits per heavy atom. The van der Waals surface area contributed by atoms with Gasteiger partial charge < -0.3 is 10.1 Å². The number of methoxy groups -OCH3 is 1. The molecule has 168 valence electrons. The molecule has 4 aromatic rings. The summed E-state index contributed by atoms with van der Waals surface area (Å²) in [4.78, 5) is 12.4. The fourth-order valence-corrected chi connectivity index (χ4v) is 4.06. The minimum atomic E-state index is -0.351. The molecule has 0 saturated carbocycles. The number of thioether (sulfide) groups is 1. The number of nitrogens with zero attached hydrogens (tertiary/aromatic N) is 3. The van der Waals surface area contributed by atoms with Crippen LogP contribution in [0, 0.1) is 5.82 Å². The van der Waals surface area contributed by atoms with Crippen LogP contribution in [0.25, 0.3) is 17.1 Å². The molecule has 6 nitrogen and oxygen atoms in total. The zero-order valence-corrected chi connectivity index (χ0v) is 19.2. The molecule has 1 amide bonds. The van der Waals surface area contributed by atoms with Gasteiger partial charge in [-0.25, -0.2) is 4.39 Å². The Kier molecular flexibility index (Phi) is 7.26. The Labute approximate surface area is 199 Å². The zero-order valence-electron chi connectivity index (χ0n) is 17.7. The lowest BCUT2D eigenvalue weighted by atomic mass is 10.2. The number of amides is 1. The number of aromatic nitrogens is 3. The lowest BCUT2D eigenvalue weighted by molar-refractivity contribution is -0.118. The maximum atomic E-state index is 13.8. The van der Waals surface area contributed by atoms with E-state index in [2.05, 4.69) is 15.5 Å². The van der Waals surface area contributed by atoms with E-state index in [1.54, 1.807) is 37.4 Å². The second-order valence-corrected chi connectivity index (χ2v) is 8.39. The number of benzene rings is 3. The van der Waals surface area contributed by atoms with Gasteiger partial charge in [-0.1, -0.05) is 53.7 Å². The van der Waals surface area contributed by atoms with Crippen molar-refractivity contribution in [1.29, 1.82) is 0 Å². The smallest absolute Gasteiger partial charge is 0.230 e. The number of rotatable bonds is 8. The Bertz CT molecular complexity index is 1260. The normalized spacial score (nSPS) is 10.8. The van der Waals surface area contributed by atoms with Crippen LogP contribution >= 0.6 is 23.4 Å². The molecule has 0 radical (unpaired) electrons. The van der Waals surface area contributed by atoms with Gasteiger partial charge in [-0.3, -0.25) is 9.36 Å². The summed E-state index contributed by atoms with van der Waals surface area (Å²) < 4.78 is 21.0. The topological polar surface area (TPSA) is 69.0 Å². The maximum Gasteiger partial charge on any atom is 0.230 e. The van der Waals surface area contributed by atoms with E-state index in [4.69, 9.17) is 16.3 Å². The minimum Gasteiger partial charge on any atom is -0.497 e. The number of nitrogens with one attached hydrogen (secondary N) is 1. The highest BCUT2D eigenvalue weighted by Gasteiger charge is 2.18. The highest BCUT2D eigenvalue weighted by molar-refractivity contribution is 7.99. The van der Waals surface area contributed by atoms with Crippen LogP contribution in [-0.4, -0.2) is 33.5 Å². The van der Waals surface area contributed by atoms with Crippen molar-refractivity contribution in [3.8, 4) is 22.8 Å². The van der Waals surface area contributed by atoms with Crippen molar-refractivity contribution in [3.63, 3.8) is 0 Å². The third-order valence-electron chi connectivity index (χ3n) is 4.81. The molecule has 0 aliphatic heterocycles. The number of carbonyl (C=O) groups is 1. The highest BCUT2D eigenvalue weighted by atomic mass is 35.5. The van der Waals surface area contributed by atoms with Crippen LogP contribution in [-0.2, 0) is 11.3 Å². The molecule has 0 unspecified atom stereocenters. The molecule has 0 spiro atoms. The van der Waals surface area contributed by atoms with Crippen molar-refractivity contribution in [3.05, 3.63) is 89.2 Å². The van der Waals surface area contributed by atoms with E-state index in [1.807, 2.05) is 41.0 Å². The number of halogens is 2. The zero-order chi connectivity index (χ0) is 23.2. The second kappa shape index (κ2) is 10.5. The average molecular weight is 483 g/mol. The summed E-state index contributed by atoms with van der Waals surface area (Å²) in [5.41, 5.74) is 2.05. The lowest BCUT2D eigenvalue weighted by Gasteiger charge is -2.11. The van der Waals surface area contributed by atoms with Crippen molar-refractivity contribution >= 4 is 29.3 Å². The predicted molar refractivity (Wildman–Crippen MR) is 127 cm³/mol. The Balaban J connectivity index is 1.56. The lowest BCUT2D eigenvalue weighted by Crippen LogP contribution is -2.25. The molecule has 0 fully saturated rings. The van der Waals surface area contributed by atoms with Crippen LogP contribution in [0.3, 0.4) is 0 Å². The van der Waals surface area contributed by atoms with E-state index in [0.29, 0.717) is 27.3 Å². The van der Waals surface area contributed by atoms with Crippen LogP contribution in [0.4, 0.5) is 4.39 Å². The average Bonchev–Trinajstić information content (AvgIpc) is 3.26. The van der Waals surface area contributed by atoms with Crippen molar-refractivity contribution in [2.24, 2.45) is 0 Å². The molecular formula is C24H20ClFN4O2S. The summed E-state index contributed by atoms with van der Waals surface area (Å²) in [6.07, 6.45) is 0. The fourth-order valence-electron chi connectivity index (χ4n) is 3.15. The molecule has 1 N–H and O–H groups in total. The van der Waals surface area contributed by atoms with Gasteiger partial charge in [-0.05, 0) is 42.5 Å². The van der Waals surface area contributed by atoms with Crippen molar-refractivity contribution in [1.82, 2.24) is 20.1 Å². The third kappa shape index (κ3) is 5.53. The molecule has 9 heteroatoms. The third-order valence-corrected chi connectivity index (χ3v) is 5.99. The van der Waals surface area contributed by atoms with Gasteiger partial charge in [-0.2, -0.15) is 0 Å². The second-order valence-electron chi connectivity index (χ2n) is 7.01. The summed E-state index contributed by atoms with van der Waals surface area (Å²) in [5, 5.41) is 12.6. The number of ether oxygens (including phenoxy) is 1. The Morgan fingerprint density at radius 1 is 1.09 bits per heavy atom. The molecule has 0 atom stereocenters. The first-order chi connectivity index (χ1) is 16.0. The largest absolute Gasteiger partial charge is 0.497 e. The summed E-state index contributed by atoms with van der Waals surface area (Å²) in [5.74, 6) is 0.802. The van der Waals surface area contributed by atoms with Gasteiger partial charge in [0.1, 0.15) is 11.6 Å². The van der Waals surface area contributed by atoms with Crippen LogP contribution in [0.15, 0.2) is 78.0 Å². The van der Waals surface area contributed by atoms with E-state index in [-0.39, 0.29) is 24.0 Å². The van der Waals surface area contributed by atoms with Crippen molar-refractivity contribution in [2.75, 3.05) is 12.9 Å². The molecule has 4 rings (SSSR count). The highest BCUT2D eigenvalue weighted by Crippen LogP contribution is 2.30. The molecule has 0 aliphatic carbocycles. The van der Waals surface area contributed by atoms with Gasteiger partial charge in [0.15, 0.2) is 11.0 Å². The monoisotopic (exact) mass is 482 g/mol. The van der Waals surface area contributed by atoms with Gasteiger partial charge in [0.2, 0.25) is 5.91 Å². The number of carbonyl (C=O) groups excluding carboxylic acids is 1. The quantitative estimate of drug-likeness (QED) is 0.352.